The van der Waals surface area contributed by atoms with Crippen LogP contribution in [-0.2, 0) is 29.0 Å². The maximum atomic E-state index is 13.7. The number of benzene rings is 3. The predicted molar refractivity (Wildman–Crippen MR) is 144 cm³/mol. The van der Waals surface area contributed by atoms with E-state index in [4.69, 9.17) is 34.8 Å². The van der Waals surface area contributed by atoms with E-state index >= 15 is 0 Å². The van der Waals surface area contributed by atoms with Crippen LogP contribution in [0.1, 0.15) is 37.0 Å². The van der Waals surface area contributed by atoms with Crippen LogP contribution in [0.3, 0.4) is 0 Å². The summed E-state index contributed by atoms with van der Waals surface area (Å²) in [5, 5.41) is 4.54. The Morgan fingerprint density at radius 1 is 0.857 bits per heavy atom. The fourth-order valence-corrected chi connectivity index (χ4v) is 4.37. The maximum absolute atomic E-state index is 13.7. The van der Waals surface area contributed by atoms with Gasteiger partial charge >= 0.3 is 0 Å². The first-order valence-corrected chi connectivity index (χ1v) is 12.7. The molecule has 0 bridgehead atoms. The van der Waals surface area contributed by atoms with Gasteiger partial charge in [-0.1, -0.05) is 90.3 Å². The number of carbonyl (C=O) groups excluding carboxylic acids is 2. The molecule has 2 atom stereocenters. The second kappa shape index (κ2) is 13.0. The van der Waals surface area contributed by atoms with Crippen LogP contribution in [-0.4, -0.2) is 28.8 Å². The molecule has 0 saturated heterocycles. The van der Waals surface area contributed by atoms with Gasteiger partial charge in [0.05, 0.1) is 6.42 Å². The fraction of sp³-hybridized carbons (Fsp3) is 0.286. The van der Waals surface area contributed by atoms with Crippen molar-refractivity contribution in [2.24, 2.45) is 0 Å². The molecule has 3 rings (SSSR count). The van der Waals surface area contributed by atoms with Crippen molar-refractivity contribution in [1.82, 2.24) is 10.2 Å². The number of amides is 2. The lowest BCUT2D eigenvalue weighted by atomic mass is 10.0. The van der Waals surface area contributed by atoms with Gasteiger partial charge in [0.15, 0.2) is 0 Å². The summed E-state index contributed by atoms with van der Waals surface area (Å²) in [6.45, 7) is 4.06. The van der Waals surface area contributed by atoms with Crippen LogP contribution >= 0.6 is 34.8 Å². The SMILES string of the molecule is CC[C@H](C)NC(=O)[C@@H](Cc1ccccc1)N(Cc1c(Cl)cccc1Cl)C(=O)Cc1ccc(Cl)cc1. The largest absolute Gasteiger partial charge is 0.352 e. The highest BCUT2D eigenvalue weighted by atomic mass is 35.5. The highest BCUT2D eigenvalue weighted by molar-refractivity contribution is 6.36. The van der Waals surface area contributed by atoms with Gasteiger partial charge in [0.25, 0.3) is 0 Å². The highest BCUT2D eigenvalue weighted by Crippen LogP contribution is 2.27. The molecule has 2 amide bonds. The van der Waals surface area contributed by atoms with E-state index in [0.29, 0.717) is 27.1 Å². The molecular formula is C28H29Cl3N2O2. The van der Waals surface area contributed by atoms with Gasteiger partial charge < -0.3 is 10.2 Å². The number of hydrogen-bond acceptors (Lipinski definition) is 2. The molecule has 0 aromatic heterocycles. The smallest absolute Gasteiger partial charge is 0.243 e. The van der Waals surface area contributed by atoms with Gasteiger partial charge in [0, 0.05) is 39.6 Å². The summed E-state index contributed by atoms with van der Waals surface area (Å²) in [5.41, 5.74) is 2.36. The van der Waals surface area contributed by atoms with E-state index in [1.807, 2.05) is 56.3 Å². The number of rotatable bonds is 10. The molecule has 0 spiro atoms. The van der Waals surface area contributed by atoms with Crippen molar-refractivity contribution in [3.63, 3.8) is 0 Å². The van der Waals surface area contributed by atoms with E-state index in [9.17, 15) is 9.59 Å². The molecule has 4 nitrogen and oxygen atoms in total. The van der Waals surface area contributed by atoms with Crippen LogP contribution in [0.5, 0.6) is 0 Å². The highest BCUT2D eigenvalue weighted by Gasteiger charge is 2.31. The molecule has 0 saturated carbocycles. The average molecular weight is 532 g/mol. The average Bonchev–Trinajstić information content (AvgIpc) is 2.84. The van der Waals surface area contributed by atoms with Crippen LogP contribution in [0.25, 0.3) is 0 Å². The van der Waals surface area contributed by atoms with Crippen molar-refractivity contribution in [3.8, 4) is 0 Å². The normalized spacial score (nSPS) is 12.6. The number of carbonyl (C=O) groups is 2. The molecule has 184 valence electrons. The minimum atomic E-state index is -0.751. The maximum Gasteiger partial charge on any atom is 0.243 e. The molecule has 0 radical (unpaired) electrons. The Bertz CT molecular complexity index is 1120. The molecule has 0 fully saturated rings. The predicted octanol–water partition coefficient (Wildman–Crippen LogP) is 6.74. The molecule has 0 unspecified atom stereocenters. The molecular weight excluding hydrogens is 503 g/mol. The van der Waals surface area contributed by atoms with Gasteiger partial charge in [-0.2, -0.15) is 0 Å². The third-order valence-electron chi connectivity index (χ3n) is 5.93. The standard InChI is InChI=1S/C28H29Cl3N2O2/c1-3-19(2)32-28(35)26(16-20-8-5-4-6-9-20)33(18-23-24(30)10-7-11-25(23)31)27(34)17-21-12-14-22(29)15-13-21/h4-15,19,26H,3,16-18H2,1-2H3,(H,32,35)/t19-,26+/m0/s1. The minimum absolute atomic E-state index is 0.0297. The summed E-state index contributed by atoms with van der Waals surface area (Å²) < 4.78 is 0. The first-order valence-electron chi connectivity index (χ1n) is 11.6. The summed E-state index contributed by atoms with van der Waals surface area (Å²) in [6.07, 6.45) is 1.25. The van der Waals surface area contributed by atoms with Crippen molar-refractivity contribution < 1.29 is 9.59 Å². The topological polar surface area (TPSA) is 49.4 Å². The second-order valence-corrected chi connectivity index (χ2v) is 9.80. The van der Waals surface area contributed by atoms with Crippen molar-refractivity contribution in [2.75, 3.05) is 0 Å². The lowest BCUT2D eigenvalue weighted by Gasteiger charge is -2.33. The van der Waals surface area contributed by atoms with Gasteiger partial charge in [-0.3, -0.25) is 9.59 Å². The zero-order valence-electron chi connectivity index (χ0n) is 19.8. The van der Waals surface area contributed by atoms with Gasteiger partial charge in [0.1, 0.15) is 6.04 Å². The van der Waals surface area contributed by atoms with Crippen molar-refractivity contribution in [2.45, 2.75) is 51.7 Å². The van der Waals surface area contributed by atoms with Gasteiger partial charge in [-0.05, 0) is 48.7 Å². The van der Waals surface area contributed by atoms with Crippen LogP contribution in [0.2, 0.25) is 15.1 Å². The second-order valence-electron chi connectivity index (χ2n) is 8.55. The molecule has 0 heterocycles. The van der Waals surface area contributed by atoms with Crippen molar-refractivity contribution in [3.05, 3.63) is 105 Å². The van der Waals surface area contributed by atoms with Crippen LogP contribution in [0, 0.1) is 0 Å². The summed E-state index contributed by atoms with van der Waals surface area (Å²) >= 11 is 19.0. The summed E-state index contributed by atoms with van der Waals surface area (Å²) in [5.74, 6) is -0.417. The Morgan fingerprint density at radius 2 is 1.49 bits per heavy atom. The molecule has 1 N–H and O–H groups in total. The summed E-state index contributed by atoms with van der Waals surface area (Å²) in [7, 11) is 0. The number of nitrogens with zero attached hydrogens (tertiary/aromatic N) is 1. The minimum Gasteiger partial charge on any atom is -0.352 e. The first kappa shape index (κ1) is 27.1. The summed E-state index contributed by atoms with van der Waals surface area (Å²) in [6, 6.07) is 21.2. The number of halogens is 3. The quantitative estimate of drug-likeness (QED) is 0.315. The third kappa shape index (κ3) is 7.73. The van der Waals surface area contributed by atoms with Crippen LogP contribution in [0.15, 0.2) is 72.8 Å². The molecule has 0 aliphatic heterocycles. The molecule has 35 heavy (non-hydrogen) atoms. The fourth-order valence-electron chi connectivity index (χ4n) is 3.73. The Balaban J connectivity index is 2.01. The lowest BCUT2D eigenvalue weighted by molar-refractivity contribution is -0.141. The van der Waals surface area contributed by atoms with Crippen molar-refractivity contribution >= 4 is 46.6 Å². The Kier molecular flexibility index (Phi) is 10.0. The van der Waals surface area contributed by atoms with E-state index in [0.717, 1.165) is 17.5 Å². The first-order chi connectivity index (χ1) is 16.8. The zero-order valence-corrected chi connectivity index (χ0v) is 22.1. The molecule has 3 aromatic rings. The Hall–Kier alpha value is -2.53. The van der Waals surface area contributed by atoms with Crippen LogP contribution in [0.4, 0.5) is 0 Å². The Labute approximate surface area is 222 Å². The van der Waals surface area contributed by atoms with E-state index in [1.165, 1.54) is 0 Å². The molecule has 0 aliphatic rings. The van der Waals surface area contributed by atoms with Gasteiger partial charge in [-0.25, -0.2) is 0 Å². The van der Waals surface area contributed by atoms with E-state index in [1.54, 1.807) is 35.2 Å². The molecule has 3 aromatic carbocycles. The molecule has 0 aliphatic carbocycles. The molecule has 7 heteroatoms. The van der Waals surface area contributed by atoms with Gasteiger partial charge in [0.2, 0.25) is 11.8 Å². The van der Waals surface area contributed by atoms with Gasteiger partial charge in [-0.15, -0.1) is 0 Å². The Morgan fingerprint density at radius 3 is 2.09 bits per heavy atom. The summed E-state index contributed by atoms with van der Waals surface area (Å²) in [4.78, 5) is 28.9. The van der Waals surface area contributed by atoms with E-state index in [-0.39, 0.29) is 30.8 Å². The lowest BCUT2D eigenvalue weighted by Crippen LogP contribution is -2.52. The number of nitrogens with one attached hydrogen (secondary N) is 1. The van der Waals surface area contributed by atoms with Crippen LogP contribution < -0.4 is 5.32 Å². The number of hydrogen-bond donors (Lipinski definition) is 1. The zero-order chi connectivity index (χ0) is 25.4. The van der Waals surface area contributed by atoms with Crippen molar-refractivity contribution in [1.29, 1.82) is 0 Å². The van der Waals surface area contributed by atoms with E-state index < -0.39 is 6.04 Å². The van der Waals surface area contributed by atoms with E-state index in [2.05, 4.69) is 5.32 Å². The third-order valence-corrected chi connectivity index (χ3v) is 6.89. The monoisotopic (exact) mass is 530 g/mol.